The van der Waals surface area contributed by atoms with Gasteiger partial charge in [0.15, 0.2) is 0 Å². The number of hydrogen-bond donors (Lipinski definition) is 1. The molecule has 0 aliphatic rings. The Morgan fingerprint density at radius 1 is 1.16 bits per heavy atom. The van der Waals surface area contributed by atoms with Crippen molar-refractivity contribution >= 4 is 17.7 Å². The predicted octanol–water partition coefficient (Wildman–Crippen LogP) is 4.35. The van der Waals surface area contributed by atoms with E-state index in [1.54, 1.807) is 18.5 Å². The Kier molecular flexibility index (Phi) is 6.50. The van der Waals surface area contributed by atoms with Gasteiger partial charge < -0.3 is 9.73 Å². The number of nitrogens with zero attached hydrogens (tertiary/aromatic N) is 5. The van der Waals surface area contributed by atoms with Crippen molar-refractivity contribution in [2.75, 3.05) is 5.32 Å². The fourth-order valence-corrected chi connectivity index (χ4v) is 3.22. The lowest BCUT2D eigenvalue weighted by atomic mass is 10.0. The van der Waals surface area contributed by atoms with Gasteiger partial charge in [0, 0.05) is 53.9 Å². The Balaban J connectivity index is 1.38. The van der Waals surface area contributed by atoms with Gasteiger partial charge in [-0.05, 0) is 55.7 Å². The molecule has 0 saturated heterocycles. The summed E-state index contributed by atoms with van der Waals surface area (Å²) in [6.07, 6.45) is 13.4. The molecule has 0 atom stereocenters. The fourth-order valence-electron chi connectivity index (χ4n) is 3.22. The molecule has 0 aliphatic heterocycles. The Bertz CT molecular complexity index is 1190. The first-order valence-corrected chi connectivity index (χ1v) is 10.4. The maximum absolute atomic E-state index is 12.4. The second kappa shape index (κ2) is 9.82. The number of pyridine rings is 1. The molecule has 1 amide bonds. The van der Waals surface area contributed by atoms with E-state index in [1.807, 2.05) is 47.4 Å². The van der Waals surface area contributed by atoms with Crippen molar-refractivity contribution < 1.29 is 9.21 Å². The van der Waals surface area contributed by atoms with Crippen LogP contribution in [0.3, 0.4) is 0 Å². The van der Waals surface area contributed by atoms with Crippen LogP contribution in [-0.2, 0) is 17.6 Å². The molecule has 162 valence electrons. The van der Waals surface area contributed by atoms with Crippen LogP contribution in [0.15, 0.2) is 72.0 Å². The molecule has 3 aromatic heterocycles. The van der Waals surface area contributed by atoms with Crippen LogP contribution in [0.1, 0.15) is 36.9 Å². The summed E-state index contributed by atoms with van der Waals surface area (Å²) in [5.74, 6) is 0.398. The monoisotopic (exact) mass is 428 g/mol. The van der Waals surface area contributed by atoms with Gasteiger partial charge in [-0.2, -0.15) is 5.10 Å². The molecule has 0 radical (unpaired) electrons. The third-order valence-electron chi connectivity index (χ3n) is 4.96. The van der Waals surface area contributed by atoms with Gasteiger partial charge in [-0.15, -0.1) is 10.2 Å². The van der Waals surface area contributed by atoms with Gasteiger partial charge in [0.1, 0.15) is 0 Å². The molecule has 32 heavy (non-hydrogen) atoms. The summed E-state index contributed by atoms with van der Waals surface area (Å²) in [4.78, 5) is 16.6. The van der Waals surface area contributed by atoms with E-state index in [4.69, 9.17) is 4.42 Å². The highest BCUT2D eigenvalue weighted by molar-refractivity contribution is 6.02. The summed E-state index contributed by atoms with van der Waals surface area (Å²) in [7, 11) is 0. The molecule has 0 bridgehead atoms. The largest absolute Gasteiger partial charge is 0.428 e. The smallest absolute Gasteiger partial charge is 0.248 e. The molecule has 1 aromatic carbocycles. The van der Waals surface area contributed by atoms with Crippen LogP contribution in [-0.4, -0.2) is 30.9 Å². The number of aromatic nitrogens is 5. The molecule has 0 aliphatic carbocycles. The second-order valence-electron chi connectivity index (χ2n) is 7.62. The Labute approximate surface area is 186 Å². The van der Waals surface area contributed by atoms with Crippen LogP contribution in [0.4, 0.5) is 5.69 Å². The average Bonchev–Trinajstić information content (AvgIpc) is 3.50. The van der Waals surface area contributed by atoms with Crippen LogP contribution < -0.4 is 5.32 Å². The zero-order valence-corrected chi connectivity index (χ0v) is 18.0. The summed E-state index contributed by atoms with van der Waals surface area (Å²) in [5, 5.41) is 14.8. The van der Waals surface area contributed by atoms with Crippen molar-refractivity contribution in [2.45, 2.75) is 32.7 Å². The number of carbonyl (C=O) groups excluding carboxylic acids is 1. The zero-order valence-electron chi connectivity index (χ0n) is 18.0. The SMILES string of the molecule is CC(C)n1cc(-c2ccncc2/C=C/C(=O)Nc2ccc(CCc3nnco3)cc2)cn1. The van der Waals surface area contributed by atoms with Crippen molar-refractivity contribution in [1.82, 2.24) is 25.0 Å². The summed E-state index contributed by atoms with van der Waals surface area (Å²) >= 11 is 0. The summed E-state index contributed by atoms with van der Waals surface area (Å²) in [5.41, 5.74) is 4.66. The number of anilines is 1. The molecule has 0 fully saturated rings. The highest BCUT2D eigenvalue weighted by atomic mass is 16.4. The lowest BCUT2D eigenvalue weighted by molar-refractivity contribution is -0.111. The number of carbonyl (C=O) groups is 1. The molecule has 8 heteroatoms. The first-order valence-electron chi connectivity index (χ1n) is 10.4. The van der Waals surface area contributed by atoms with Gasteiger partial charge in [0.05, 0.1) is 6.20 Å². The van der Waals surface area contributed by atoms with E-state index in [0.717, 1.165) is 34.4 Å². The van der Waals surface area contributed by atoms with Gasteiger partial charge in [-0.3, -0.25) is 14.5 Å². The third kappa shape index (κ3) is 5.34. The number of benzene rings is 1. The highest BCUT2D eigenvalue weighted by Crippen LogP contribution is 2.24. The van der Waals surface area contributed by atoms with Gasteiger partial charge in [-0.1, -0.05) is 12.1 Å². The number of hydrogen-bond acceptors (Lipinski definition) is 6. The van der Waals surface area contributed by atoms with Gasteiger partial charge in [0.2, 0.25) is 18.2 Å². The fraction of sp³-hybridized carbons (Fsp3) is 0.208. The first-order chi connectivity index (χ1) is 15.6. The number of nitrogens with one attached hydrogen (secondary N) is 1. The van der Waals surface area contributed by atoms with Crippen molar-refractivity contribution in [3.8, 4) is 11.1 Å². The van der Waals surface area contributed by atoms with Crippen LogP contribution >= 0.6 is 0 Å². The summed E-state index contributed by atoms with van der Waals surface area (Å²) < 4.78 is 7.05. The molecule has 0 unspecified atom stereocenters. The van der Waals surface area contributed by atoms with Crippen LogP contribution in [0.5, 0.6) is 0 Å². The molecule has 8 nitrogen and oxygen atoms in total. The van der Waals surface area contributed by atoms with Crippen LogP contribution in [0.25, 0.3) is 17.2 Å². The van der Waals surface area contributed by atoms with E-state index in [0.29, 0.717) is 12.3 Å². The van der Waals surface area contributed by atoms with Crippen molar-refractivity contribution in [3.63, 3.8) is 0 Å². The number of rotatable bonds is 8. The van der Waals surface area contributed by atoms with Gasteiger partial charge in [-0.25, -0.2) is 0 Å². The van der Waals surface area contributed by atoms with Gasteiger partial charge >= 0.3 is 0 Å². The minimum absolute atomic E-state index is 0.212. The van der Waals surface area contributed by atoms with E-state index in [9.17, 15) is 4.79 Å². The third-order valence-corrected chi connectivity index (χ3v) is 4.96. The van der Waals surface area contributed by atoms with Crippen LogP contribution in [0.2, 0.25) is 0 Å². The molecule has 0 spiro atoms. The standard InChI is InChI=1S/C24H24N6O2/c1-17(2)30-15-20(14-27-30)22-11-12-25-13-19(22)6-9-23(31)28-21-7-3-18(4-8-21)5-10-24-29-26-16-32-24/h3-4,6-9,11-17H,5,10H2,1-2H3,(H,28,31)/b9-6+. The first kappa shape index (κ1) is 21.2. The van der Waals surface area contributed by atoms with E-state index in [2.05, 4.69) is 39.4 Å². The molecular formula is C24H24N6O2. The minimum Gasteiger partial charge on any atom is -0.428 e. The number of amides is 1. The maximum Gasteiger partial charge on any atom is 0.248 e. The molecular weight excluding hydrogens is 404 g/mol. The van der Waals surface area contributed by atoms with E-state index < -0.39 is 0 Å². The summed E-state index contributed by atoms with van der Waals surface area (Å²) in [6.45, 7) is 4.16. The lowest BCUT2D eigenvalue weighted by Gasteiger charge is -2.06. The Morgan fingerprint density at radius 2 is 2.00 bits per heavy atom. The van der Waals surface area contributed by atoms with E-state index >= 15 is 0 Å². The second-order valence-corrected chi connectivity index (χ2v) is 7.62. The highest BCUT2D eigenvalue weighted by Gasteiger charge is 2.08. The average molecular weight is 428 g/mol. The minimum atomic E-state index is -0.212. The normalized spacial score (nSPS) is 11.3. The molecule has 4 aromatic rings. The number of aryl methyl sites for hydroxylation is 2. The predicted molar refractivity (Wildman–Crippen MR) is 122 cm³/mol. The lowest BCUT2D eigenvalue weighted by Crippen LogP contribution is -2.07. The molecule has 4 rings (SSSR count). The van der Waals surface area contributed by atoms with Crippen molar-refractivity contribution in [1.29, 1.82) is 0 Å². The van der Waals surface area contributed by atoms with Gasteiger partial charge in [0.25, 0.3) is 0 Å². The van der Waals surface area contributed by atoms with Crippen molar-refractivity contribution in [2.24, 2.45) is 0 Å². The Hall–Kier alpha value is -4.07. The molecule has 0 saturated carbocycles. The summed E-state index contributed by atoms with van der Waals surface area (Å²) in [6, 6.07) is 9.91. The zero-order chi connectivity index (χ0) is 22.3. The van der Waals surface area contributed by atoms with E-state index in [1.165, 1.54) is 12.5 Å². The maximum atomic E-state index is 12.4. The van der Waals surface area contributed by atoms with E-state index in [-0.39, 0.29) is 11.9 Å². The van der Waals surface area contributed by atoms with Crippen molar-refractivity contribution in [3.05, 3.63) is 84.6 Å². The molecule has 3 heterocycles. The molecule has 1 N–H and O–H groups in total. The Morgan fingerprint density at radius 3 is 2.72 bits per heavy atom. The topological polar surface area (TPSA) is 98.7 Å². The quantitative estimate of drug-likeness (QED) is 0.419. The van der Waals surface area contributed by atoms with Crippen LogP contribution in [0, 0.1) is 0 Å².